The molecule has 0 saturated heterocycles. The third-order valence-electron chi connectivity index (χ3n) is 3.02. The fraction of sp³-hybridized carbons (Fsp3) is 1.00. The molecule has 1 aliphatic rings. The van der Waals surface area contributed by atoms with Gasteiger partial charge in [0.2, 0.25) is 0 Å². The summed E-state index contributed by atoms with van der Waals surface area (Å²) in [5.74, 6) is 0. The van der Waals surface area contributed by atoms with Gasteiger partial charge in [0.25, 0.3) is 0 Å². The van der Waals surface area contributed by atoms with Gasteiger partial charge in [-0.25, -0.2) is 0 Å². The van der Waals surface area contributed by atoms with Crippen molar-refractivity contribution < 1.29 is 0 Å². The van der Waals surface area contributed by atoms with Crippen LogP contribution in [0.25, 0.3) is 0 Å². The van der Waals surface area contributed by atoms with E-state index in [0.29, 0.717) is 0 Å². The van der Waals surface area contributed by atoms with Gasteiger partial charge < -0.3 is 10.6 Å². The van der Waals surface area contributed by atoms with Crippen molar-refractivity contribution >= 4 is 0 Å². The third-order valence-corrected chi connectivity index (χ3v) is 3.02. The molecule has 1 saturated carbocycles. The molecule has 0 aromatic heterocycles. The second-order valence-corrected chi connectivity index (χ2v) is 4.75. The minimum Gasteiger partial charge on any atom is -0.315 e. The van der Waals surface area contributed by atoms with E-state index in [0.717, 1.165) is 19.1 Å². The Hall–Kier alpha value is -0.0800. The Morgan fingerprint density at radius 2 is 1.60 bits per heavy atom. The maximum Gasteiger partial charge on any atom is 0.00793 e. The number of unbranched alkanes of at least 4 members (excludes halogenated alkanes) is 5. The molecule has 2 nitrogen and oxygen atoms in total. The summed E-state index contributed by atoms with van der Waals surface area (Å²) < 4.78 is 0. The van der Waals surface area contributed by atoms with Gasteiger partial charge in [0.15, 0.2) is 0 Å². The highest BCUT2D eigenvalue weighted by molar-refractivity contribution is 4.80. The standard InChI is InChI=1S/C13H28N2/c1-2-3-4-5-6-7-10-14-11-12-15-13-8-9-13/h13-15H,2-12H2,1H3. The van der Waals surface area contributed by atoms with Gasteiger partial charge in [-0.15, -0.1) is 0 Å². The Balaban J connectivity index is 1.62. The van der Waals surface area contributed by atoms with Crippen molar-refractivity contribution in [2.24, 2.45) is 0 Å². The third kappa shape index (κ3) is 8.88. The Morgan fingerprint density at radius 3 is 2.33 bits per heavy atom. The van der Waals surface area contributed by atoms with Crippen LogP contribution in [0.4, 0.5) is 0 Å². The Morgan fingerprint density at radius 1 is 0.867 bits per heavy atom. The molecule has 90 valence electrons. The van der Waals surface area contributed by atoms with E-state index in [9.17, 15) is 0 Å². The maximum atomic E-state index is 3.51. The topological polar surface area (TPSA) is 24.1 Å². The van der Waals surface area contributed by atoms with Crippen LogP contribution in [0.3, 0.4) is 0 Å². The zero-order chi connectivity index (χ0) is 10.8. The highest BCUT2D eigenvalue weighted by atomic mass is 15.0. The lowest BCUT2D eigenvalue weighted by Gasteiger charge is -2.05. The first-order valence-corrected chi connectivity index (χ1v) is 6.87. The van der Waals surface area contributed by atoms with Crippen LogP contribution in [-0.2, 0) is 0 Å². The van der Waals surface area contributed by atoms with E-state index in [1.807, 2.05) is 0 Å². The summed E-state index contributed by atoms with van der Waals surface area (Å²) in [5.41, 5.74) is 0. The SMILES string of the molecule is CCCCCCCCNCCNC1CC1. The number of nitrogens with one attached hydrogen (secondary N) is 2. The van der Waals surface area contributed by atoms with Crippen LogP contribution >= 0.6 is 0 Å². The second kappa shape index (κ2) is 9.17. The van der Waals surface area contributed by atoms with Crippen LogP contribution in [0, 0.1) is 0 Å². The summed E-state index contributed by atoms with van der Waals surface area (Å²) in [6.45, 7) is 5.78. The summed E-state index contributed by atoms with van der Waals surface area (Å²) in [6, 6.07) is 0.862. The van der Waals surface area contributed by atoms with E-state index in [2.05, 4.69) is 17.6 Å². The molecule has 0 amide bonds. The quantitative estimate of drug-likeness (QED) is 0.515. The molecule has 0 aliphatic heterocycles. The van der Waals surface area contributed by atoms with Crippen molar-refractivity contribution in [3.05, 3.63) is 0 Å². The number of rotatable bonds is 11. The molecule has 0 bridgehead atoms. The molecule has 2 N–H and O–H groups in total. The van der Waals surface area contributed by atoms with E-state index in [-0.39, 0.29) is 0 Å². The molecule has 15 heavy (non-hydrogen) atoms. The highest BCUT2D eigenvalue weighted by Gasteiger charge is 2.19. The molecular weight excluding hydrogens is 184 g/mol. The highest BCUT2D eigenvalue weighted by Crippen LogP contribution is 2.17. The minimum absolute atomic E-state index is 0.862. The number of hydrogen-bond acceptors (Lipinski definition) is 2. The summed E-state index contributed by atoms with van der Waals surface area (Å²) in [5, 5.41) is 7.01. The molecule has 0 radical (unpaired) electrons. The Labute approximate surface area is 95.2 Å². The van der Waals surface area contributed by atoms with Crippen LogP contribution in [0.2, 0.25) is 0 Å². The lowest BCUT2D eigenvalue weighted by Crippen LogP contribution is -2.29. The summed E-state index contributed by atoms with van der Waals surface area (Å²) in [6.07, 6.45) is 11.2. The minimum atomic E-state index is 0.862. The summed E-state index contributed by atoms with van der Waals surface area (Å²) in [7, 11) is 0. The molecule has 0 aromatic carbocycles. The molecule has 1 rings (SSSR count). The second-order valence-electron chi connectivity index (χ2n) is 4.75. The van der Waals surface area contributed by atoms with Gasteiger partial charge in [-0.2, -0.15) is 0 Å². The first-order chi connectivity index (χ1) is 7.43. The van der Waals surface area contributed by atoms with Gasteiger partial charge in [-0.1, -0.05) is 39.0 Å². The van der Waals surface area contributed by atoms with Crippen molar-refractivity contribution in [1.29, 1.82) is 0 Å². The zero-order valence-corrected chi connectivity index (χ0v) is 10.4. The first-order valence-electron chi connectivity index (χ1n) is 6.87. The lowest BCUT2D eigenvalue weighted by molar-refractivity contribution is 0.557. The average Bonchev–Trinajstić information content (AvgIpc) is 3.05. The lowest BCUT2D eigenvalue weighted by atomic mass is 10.1. The van der Waals surface area contributed by atoms with Crippen molar-refractivity contribution in [2.75, 3.05) is 19.6 Å². The molecular formula is C13H28N2. The normalized spacial score (nSPS) is 15.8. The molecule has 0 aromatic rings. The van der Waals surface area contributed by atoms with Gasteiger partial charge in [-0.3, -0.25) is 0 Å². The van der Waals surface area contributed by atoms with Crippen LogP contribution in [-0.4, -0.2) is 25.7 Å². The number of hydrogen-bond donors (Lipinski definition) is 2. The Bertz CT molecular complexity index is 132. The largest absolute Gasteiger partial charge is 0.315 e. The molecule has 0 heterocycles. The Kier molecular flexibility index (Phi) is 7.94. The predicted octanol–water partition coefficient (Wildman–Crippen LogP) is 2.69. The average molecular weight is 212 g/mol. The first kappa shape index (κ1) is 13.0. The molecule has 2 heteroatoms. The maximum absolute atomic E-state index is 3.51. The zero-order valence-electron chi connectivity index (χ0n) is 10.4. The van der Waals surface area contributed by atoms with Crippen molar-refractivity contribution in [3.63, 3.8) is 0 Å². The van der Waals surface area contributed by atoms with Gasteiger partial charge in [0, 0.05) is 19.1 Å². The molecule has 0 spiro atoms. The molecule has 1 fully saturated rings. The molecule has 0 unspecified atom stereocenters. The van der Waals surface area contributed by atoms with Crippen LogP contribution in [0.1, 0.15) is 58.3 Å². The van der Waals surface area contributed by atoms with E-state index >= 15 is 0 Å². The van der Waals surface area contributed by atoms with E-state index in [1.165, 1.54) is 57.9 Å². The van der Waals surface area contributed by atoms with E-state index < -0.39 is 0 Å². The van der Waals surface area contributed by atoms with E-state index in [1.54, 1.807) is 0 Å². The van der Waals surface area contributed by atoms with Gasteiger partial charge >= 0.3 is 0 Å². The van der Waals surface area contributed by atoms with Crippen molar-refractivity contribution in [3.8, 4) is 0 Å². The summed E-state index contributed by atoms with van der Waals surface area (Å²) >= 11 is 0. The predicted molar refractivity (Wildman–Crippen MR) is 67.3 cm³/mol. The van der Waals surface area contributed by atoms with Crippen LogP contribution in [0.5, 0.6) is 0 Å². The molecule has 1 aliphatic carbocycles. The van der Waals surface area contributed by atoms with Crippen molar-refractivity contribution in [2.45, 2.75) is 64.3 Å². The van der Waals surface area contributed by atoms with Gasteiger partial charge in [0.05, 0.1) is 0 Å². The monoisotopic (exact) mass is 212 g/mol. The smallest absolute Gasteiger partial charge is 0.00793 e. The van der Waals surface area contributed by atoms with Gasteiger partial charge in [0.1, 0.15) is 0 Å². The van der Waals surface area contributed by atoms with Gasteiger partial charge in [-0.05, 0) is 25.8 Å². The summed E-state index contributed by atoms with van der Waals surface area (Å²) in [4.78, 5) is 0. The van der Waals surface area contributed by atoms with Crippen molar-refractivity contribution in [1.82, 2.24) is 10.6 Å². The van der Waals surface area contributed by atoms with Crippen LogP contribution < -0.4 is 10.6 Å². The fourth-order valence-corrected chi connectivity index (χ4v) is 1.81. The van der Waals surface area contributed by atoms with Crippen LogP contribution in [0.15, 0.2) is 0 Å². The van der Waals surface area contributed by atoms with E-state index in [4.69, 9.17) is 0 Å². The molecule has 0 atom stereocenters. The fourth-order valence-electron chi connectivity index (χ4n) is 1.81.